The van der Waals surface area contributed by atoms with E-state index >= 15 is 0 Å². The van der Waals surface area contributed by atoms with E-state index in [1.54, 1.807) is 12.1 Å². The summed E-state index contributed by atoms with van der Waals surface area (Å²) in [5.41, 5.74) is 3.59. The van der Waals surface area contributed by atoms with E-state index in [1.165, 1.54) is 6.07 Å². The number of hydrogen-bond acceptors (Lipinski definition) is 3. The zero-order chi connectivity index (χ0) is 17.4. The zero-order valence-electron chi connectivity index (χ0n) is 14.1. The maximum absolute atomic E-state index is 14.0. The number of nitrogens with zero attached hydrogens (tertiary/aromatic N) is 3. The van der Waals surface area contributed by atoms with E-state index in [0.29, 0.717) is 17.3 Å². The molecule has 0 radical (unpaired) electrons. The van der Waals surface area contributed by atoms with Crippen molar-refractivity contribution in [1.82, 2.24) is 20.0 Å². The summed E-state index contributed by atoms with van der Waals surface area (Å²) in [4.78, 5) is 12.5. The number of aromatic amines is 1. The van der Waals surface area contributed by atoms with Crippen molar-refractivity contribution in [2.24, 2.45) is 13.0 Å². The number of carbonyl (C=O) groups excluding carboxylic acids is 1. The lowest BCUT2D eigenvalue weighted by atomic mass is 9.99. The van der Waals surface area contributed by atoms with Gasteiger partial charge in [0.1, 0.15) is 5.82 Å². The molecule has 1 atom stereocenters. The molecule has 0 fully saturated rings. The first kappa shape index (κ1) is 16.2. The van der Waals surface area contributed by atoms with Gasteiger partial charge in [0.2, 0.25) is 5.91 Å². The second-order valence-electron chi connectivity index (χ2n) is 6.10. The molecule has 0 unspecified atom stereocenters. The highest BCUT2D eigenvalue weighted by atomic mass is 19.1. The van der Waals surface area contributed by atoms with Crippen LogP contribution in [0.1, 0.15) is 23.9 Å². The second-order valence-corrected chi connectivity index (χ2v) is 6.10. The first-order chi connectivity index (χ1) is 11.4. The highest BCUT2D eigenvalue weighted by Crippen LogP contribution is 2.24. The molecule has 3 rings (SSSR count). The van der Waals surface area contributed by atoms with Crippen LogP contribution >= 0.6 is 0 Å². The minimum Gasteiger partial charge on any atom is -0.308 e. The Labute approximate surface area is 139 Å². The minimum atomic E-state index is -0.414. The number of aryl methyl sites for hydroxylation is 2. The van der Waals surface area contributed by atoms with Crippen LogP contribution in [-0.2, 0) is 18.3 Å². The lowest BCUT2D eigenvalue weighted by Crippen LogP contribution is -2.23. The van der Waals surface area contributed by atoms with Gasteiger partial charge < -0.3 is 5.32 Å². The lowest BCUT2D eigenvalue weighted by Gasteiger charge is -2.11. The van der Waals surface area contributed by atoms with Crippen molar-refractivity contribution < 1.29 is 9.18 Å². The van der Waals surface area contributed by atoms with Crippen molar-refractivity contribution in [3.05, 3.63) is 41.0 Å². The standard InChI is InChI=1S/C17H20FN5O/c1-9(8-12-10(2)22-23(4)11(12)3)17(24)19-16-15-13(18)6-5-7-14(15)20-21-16/h5-7,9H,8H2,1-4H3,(H2,19,20,21,24)/t9-/m1/s1. The van der Waals surface area contributed by atoms with Crippen LogP contribution in [-0.4, -0.2) is 25.9 Å². The van der Waals surface area contributed by atoms with E-state index in [1.807, 2.05) is 32.5 Å². The number of rotatable bonds is 4. The molecule has 24 heavy (non-hydrogen) atoms. The summed E-state index contributed by atoms with van der Waals surface area (Å²) in [7, 11) is 1.88. The summed E-state index contributed by atoms with van der Waals surface area (Å²) in [6, 6.07) is 4.66. The highest BCUT2D eigenvalue weighted by molar-refractivity contribution is 6.00. The summed E-state index contributed by atoms with van der Waals surface area (Å²) in [6.07, 6.45) is 0.572. The van der Waals surface area contributed by atoms with Gasteiger partial charge in [-0.3, -0.25) is 14.6 Å². The molecule has 7 heteroatoms. The van der Waals surface area contributed by atoms with Gasteiger partial charge in [0, 0.05) is 18.7 Å². The van der Waals surface area contributed by atoms with Crippen LogP contribution in [0, 0.1) is 25.6 Å². The lowest BCUT2D eigenvalue weighted by molar-refractivity contribution is -0.119. The van der Waals surface area contributed by atoms with Gasteiger partial charge in [-0.1, -0.05) is 13.0 Å². The third-order valence-corrected chi connectivity index (χ3v) is 4.40. The van der Waals surface area contributed by atoms with Crippen molar-refractivity contribution in [2.45, 2.75) is 27.2 Å². The van der Waals surface area contributed by atoms with Crippen LogP contribution in [0.15, 0.2) is 18.2 Å². The number of aromatic nitrogens is 4. The Morgan fingerprint density at radius 1 is 1.42 bits per heavy atom. The SMILES string of the molecule is Cc1nn(C)c(C)c1C[C@@H](C)C(=O)Nc1n[nH]c2cccc(F)c12. The third kappa shape index (κ3) is 2.77. The van der Waals surface area contributed by atoms with Crippen LogP contribution in [0.2, 0.25) is 0 Å². The fourth-order valence-corrected chi connectivity index (χ4v) is 2.87. The van der Waals surface area contributed by atoms with Crippen molar-refractivity contribution in [3.63, 3.8) is 0 Å². The first-order valence-electron chi connectivity index (χ1n) is 7.81. The minimum absolute atomic E-state index is 0.200. The van der Waals surface area contributed by atoms with Gasteiger partial charge >= 0.3 is 0 Å². The van der Waals surface area contributed by atoms with Crippen molar-refractivity contribution >= 4 is 22.6 Å². The molecule has 0 saturated carbocycles. The molecular formula is C17H20FN5O. The molecule has 0 spiro atoms. The fraction of sp³-hybridized carbons (Fsp3) is 0.353. The van der Waals surface area contributed by atoms with Crippen LogP contribution in [0.3, 0.4) is 0 Å². The number of halogens is 1. The Kier molecular flexibility index (Phi) is 4.09. The molecule has 6 nitrogen and oxygen atoms in total. The molecule has 3 aromatic rings. The Bertz CT molecular complexity index is 911. The number of benzene rings is 1. The summed E-state index contributed by atoms with van der Waals surface area (Å²) in [5.74, 6) is -0.679. The average Bonchev–Trinajstić information content (AvgIpc) is 3.04. The molecule has 0 aliphatic heterocycles. The molecule has 1 amide bonds. The highest BCUT2D eigenvalue weighted by Gasteiger charge is 2.20. The van der Waals surface area contributed by atoms with Crippen molar-refractivity contribution in [1.29, 1.82) is 0 Å². The fourth-order valence-electron chi connectivity index (χ4n) is 2.87. The van der Waals surface area contributed by atoms with Crippen molar-refractivity contribution in [2.75, 3.05) is 5.32 Å². The van der Waals surface area contributed by atoms with Gasteiger partial charge in [0.05, 0.1) is 16.6 Å². The summed E-state index contributed by atoms with van der Waals surface area (Å²) >= 11 is 0. The molecule has 0 aliphatic carbocycles. The Morgan fingerprint density at radius 2 is 2.17 bits per heavy atom. The topological polar surface area (TPSA) is 75.6 Å². The van der Waals surface area contributed by atoms with E-state index in [-0.39, 0.29) is 17.6 Å². The maximum Gasteiger partial charge on any atom is 0.228 e. The van der Waals surface area contributed by atoms with E-state index in [4.69, 9.17) is 0 Å². The van der Waals surface area contributed by atoms with Crippen LogP contribution < -0.4 is 5.32 Å². The number of amides is 1. The molecule has 2 N–H and O–H groups in total. The quantitative estimate of drug-likeness (QED) is 0.773. The molecular weight excluding hydrogens is 309 g/mol. The number of nitrogens with one attached hydrogen (secondary N) is 2. The number of H-pyrrole nitrogens is 1. The molecule has 0 aliphatic rings. The number of carbonyl (C=O) groups is 1. The largest absolute Gasteiger partial charge is 0.308 e. The number of hydrogen-bond donors (Lipinski definition) is 2. The Hall–Kier alpha value is -2.70. The summed E-state index contributed by atoms with van der Waals surface area (Å²) in [6.45, 7) is 5.76. The van der Waals surface area contributed by atoms with E-state index in [0.717, 1.165) is 17.0 Å². The molecule has 0 bridgehead atoms. The van der Waals surface area contributed by atoms with Gasteiger partial charge in [0.25, 0.3) is 0 Å². The average molecular weight is 329 g/mol. The summed E-state index contributed by atoms with van der Waals surface area (Å²) in [5, 5.41) is 14.1. The van der Waals surface area contributed by atoms with Gasteiger partial charge in [-0.25, -0.2) is 4.39 Å². The predicted octanol–water partition coefficient (Wildman–Crippen LogP) is 2.87. The molecule has 1 aromatic carbocycles. The van der Waals surface area contributed by atoms with Crippen LogP contribution in [0.4, 0.5) is 10.2 Å². The summed E-state index contributed by atoms with van der Waals surface area (Å²) < 4.78 is 15.8. The molecule has 2 heterocycles. The van der Waals surface area contributed by atoms with Crippen LogP contribution in [0.25, 0.3) is 10.9 Å². The third-order valence-electron chi connectivity index (χ3n) is 4.40. The smallest absolute Gasteiger partial charge is 0.228 e. The van der Waals surface area contributed by atoms with Gasteiger partial charge in [0.15, 0.2) is 5.82 Å². The van der Waals surface area contributed by atoms with Crippen LogP contribution in [0.5, 0.6) is 0 Å². The van der Waals surface area contributed by atoms with E-state index < -0.39 is 5.82 Å². The van der Waals surface area contributed by atoms with Gasteiger partial charge in [-0.2, -0.15) is 10.2 Å². The normalized spacial score (nSPS) is 12.5. The van der Waals surface area contributed by atoms with E-state index in [9.17, 15) is 9.18 Å². The van der Waals surface area contributed by atoms with Gasteiger partial charge in [-0.15, -0.1) is 0 Å². The second kappa shape index (κ2) is 6.07. The predicted molar refractivity (Wildman–Crippen MR) is 90.2 cm³/mol. The van der Waals surface area contributed by atoms with E-state index in [2.05, 4.69) is 20.6 Å². The maximum atomic E-state index is 14.0. The number of fused-ring (bicyclic) bond motifs is 1. The molecule has 0 saturated heterocycles. The zero-order valence-corrected chi connectivity index (χ0v) is 14.1. The van der Waals surface area contributed by atoms with Gasteiger partial charge in [-0.05, 0) is 38.0 Å². The Morgan fingerprint density at radius 3 is 2.83 bits per heavy atom. The molecule has 2 aromatic heterocycles. The van der Waals surface area contributed by atoms with Crippen molar-refractivity contribution in [3.8, 4) is 0 Å². The monoisotopic (exact) mass is 329 g/mol. The number of anilines is 1. The first-order valence-corrected chi connectivity index (χ1v) is 7.81. The molecule has 126 valence electrons. The Balaban J connectivity index is 1.79.